The topological polar surface area (TPSA) is 234 Å². The number of phenols is 5. The molecule has 0 bridgehead atoms. The van der Waals surface area contributed by atoms with Crippen molar-refractivity contribution < 1.29 is 67.1 Å². The van der Waals surface area contributed by atoms with Crippen LogP contribution in [0.4, 0.5) is 13.2 Å². The molecule has 3 unspecified atom stereocenters. The number of hydrogen-bond acceptors (Lipinski definition) is 18. The number of pyridine rings is 1. The standard InChI is InChI=1S/C29H28FN3O3.C27H27FN2O4.C26H26FN3O4/c1-18-24-10-11-26-25(15-31-32-26)29(24)36-28(27(18)20-2-6-22(34)7-3-20)21-4-8-23(9-5-21)35-13-12-33-16-19(14-30)17-33;1-17-23-7-5-21(32)12-25(23)34-27(26(17)19-3-2-4-20(31)11-19)24-8-6-22(14-29-24)33-10-9-30-15-18(13-28)16-30;1-16-21-6-5-20(32)10-23(21)34-26(25(16)18-3-2-4-19(31)9-18)22-12-29-24(13-28-22)33-8-7-30-14-17(11-27)15-30/h2-11,15,19,28,34H,12-14,16-17H2,1H3,(H,31,32);2-8,11-12,14,18,27,31-32H,9-10,13,15-16H2,1H3;2-6,9-10,12-13,17,26,31-32H,7-8,11,14-15H2,1H3. The van der Waals surface area contributed by atoms with Crippen LogP contribution in [0.3, 0.4) is 0 Å². The Morgan fingerprint density at radius 3 is 1.43 bits per heavy atom. The first-order valence-corrected chi connectivity index (χ1v) is 34.9. The van der Waals surface area contributed by atoms with Gasteiger partial charge in [-0.25, -0.2) is 9.97 Å². The van der Waals surface area contributed by atoms with Crippen LogP contribution in [0.2, 0.25) is 0 Å². The van der Waals surface area contributed by atoms with Gasteiger partial charge < -0.3 is 54.0 Å². The van der Waals surface area contributed by atoms with Crippen LogP contribution < -0.4 is 28.4 Å². The number of benzene rings is 7. The summed E-state index contributed by atoms with van der Waals surface area (Å²) in [5.41, 5.74) is 14.5. The second-order valence-corrected chi connectivity index (χ2v) is 27.0. The molecule has 3 saturated heterocycles. The van der Waals surface area contributed by atoms with Gasteiger partial charge in [-0.3, -0.25) is 38.0 Å². The number of fused-ring (bicyclic) bond motifs is 5. The Morgan fingerprint density at radius 1 is 0.433 bits per heavy atom. The minimum absolute atomic E-state index is 0.112. The maximum atomic E-state index is 12.6. The lowest BCUT2D eigenvalue weighted by Crippen LogP contribution is -2.49. The molecular formula is C82H81F3N8O11. The SMILES string of the molecule is CC1=C(c2ccc(O)cc2)C(c2ccc(OCCN3CC(CF)C3)cc2)Oc2c1ccc1[nH]ncc21.CC1=C(c2cccc(O)c2)C(c2ccc(OCCN3CC(CF)C3)cn2)Oc2cc(O)ccc21.CC1=C(c2cccc(O)c2)C(c2cnc(OCCN3CC(CF)C3)cn2)Oc2cc(O)ccc21. The zero-order valence-corrected chi connectivity index (χ0v) is 57.8. The summed E-state index contributed by atoms with van der Waals surface area (Å²) in [6.45, 7) is 13.9. The Labute approximate surface area is 600 Å². The number of nitrogens with one attached hydrogen (secondary N) is 1. The van der Waals surface area contributed by atoms with E-state index in [4.69, 9.17) is 28.4 Å². The summed E-state index contributed by atoms with van der Waals surface area (Å²) in [5, 5.41) is 58.1. The molecule has 3 atom stereocenters. The highest BCUT2D eigenvalue weighted by atomic mass is 19.1. The molecule has 19 nitrogen and oxygen atoms in total. The van der Waals surface area contributed by atoms with E-state index < -0.39 is 12.2 Å². The Bertz CT molecular complexity index is 4580. The summed E-state index contributed by atoms with van der Waals surface area (Å²) >= 11 is 0. The van der Waals surface area contributed by atoms with Crippen LogP contribution in [0.25, 0.3) is 44.3 Å². The zero-order chi connectivity index (χ0) is 72.0. The highest BCUT2D eigenvalue weighted by Crippen LogP contribution is 2.52. The van der Waals surface area contributed by atoms with E-state index in [1.54, 1.807) is 97.6 Å². The summed E-state index contributed by atoms with van der Waals surface area (Å²) in [6.07, 6.45) is 5.20. The van der Waals surface area contributed by atoms with Gasteiger partial charge in [0.1, 0.15) is 89.1 Å². The number of alkyl halides is 3. The molecule has 16 rings (SSSR count). The number of aromatic amines is 1. The van der Waals surface area contributed by atoms with Gasteiger partial charge in [0, 0.05) is 122 Å². The monoisotopic (exact) mass is 1410 g/mol. The number of aromatic nitrogens is 5. The van der Waals surface area contributed by atoms with Crippen molar-refractivity contribution in [3.8, 4) is 63.4 Å². The number of likely N-dealkylation sites (tertiary alicyclic amines) is 3. The number of rotatable bonds is 21. The predicted molar refractivity (Wildman–Crippen MR) is 391 cm³/mol. The Balaban J connectivity index is 0.000000132. The average molecular weight is 1410 g/mol. The third-order valence-corrected chi connectivity index (χ3v) is 19.8. The Kier molecular flexibility index (Phi) is 21.0. The van der Waals surface area contributed by atoms with Crippen molar-refractivity contribution in [1.82, 2.24) is 39.8 Å². The summed E-state index contributed by atoms with van der Waals surface area (Å²) in [5.74, 6) is 5.09. The lowest BCUT2D eigenvalue weighted by Gasteiger charge is -2.37. The van der Waals surface area contributed by atoms with Gasteiger partial charge in [0.15, 0.2) is 12.2 Å². The van der Waals surface area contributed by atoms with Crippen molar-refractivity contribution in [1.29, 1.82) is 0 Å². The normalized spacial score (nSPS) is 18.2. The molecule has 3 aromatic heterocycles. The van der Waals surface area contributed by atoms with Crippen molar-refractivity contribution in [2.24, 2.45) is 17.8 Å². The van der Waals surface area contributed by atoms with Crippen molar-refractivity contribution in [2.45, 2.75) is 39.1 Å². The predicted octanol–water partition coefficient (Wildman–Crippen LogP) is 14.7. The van der Waals surface area contributed by atoms with Gasteiger partial charge >= 0.3 is 0 Å². The molecule has 9 heterocycles. The van der Waals surface area contributed by atoms with E-state index in [-0.39, 0.29) is 72.6 Å². The van der Waals surface area contributed by atoms with E-state index in [1.807, 2.05) is 92.7 Å². The van der Waals surface area contributed by atoms with Crippen molar-refractivity contribution in [3.05, 3.63) is 233 Å². The molecule has 0 spiro atoms. The fourth-order valence-corrected chi connectivity index (χ4v) is 14.2. The first kappa shape index (κ1) is 70.0. The van der Waals surface area contributed by atoms with Gasteiger partial charge in [0.2, 0.25) is 5.88 Å². The lowest BCUT2D eigenvalue weighted by atomic mass is 9.85. The van der Waals surface area contributed by atoms with Gasteiger partial charge in [-0.05, 0) is 157 Å². The van der Waals surface area contributed by atoms with Crippen LogP contribution in [0.15, 0.2) is 183 Å². The number of aromatic hydroxyl groups is 5. The quantitative estimate of drug-likeness (QED) is 0.0392. The van der Waals surface area contributed by atoms with E-state index in [1.165, 1.54) is 0 Å². The largest absolute Gasteiger partial charge is 0.508 e. The number of phenolic OH excluding ortho intramolecular Hbond substituents is 5. The van der Waals surface area contributed by atoms with Gasteiger partial charge in [0.05, 0.1) is 61.4 Å². The summed E-state index contributed by atoms with van der Waals surface area (Å²) in [7, 11) is 0. The van der Waals surface area contributed by atoms with Crippen LogP contribution >= 0.6 is 0 Å². The number of hydrogen-bond donors (Lipinski definition) is 6. The third-order valence-electron chi connectivity index (χ3n) is 19.8. The summed E-state index contributed by atoms with van der Waals surface area (Å²) in [4.78, 5) is 20.1. The molecule has 6 aliphatic rings. The van der Waals surface area contributed by atoms with E-state index in [0.29, 0.717) is 54.3 Å². The van der Waals surface area contributed by atoms with Crippen molar-refractivity contribution in [2.75, 3.05) is 98.7 Å². The minimum atomic E-state index is -0.587. The van der Waals surface area contributed by atoms with E-state index in [2.05, 4.69) is 52.8 Å². The highest BCUT2D eigenvalue weighted by molar-refractivity contribution is 6.01. The first-order valence-electron chi connectivity index (χ1n) is 34.9. The fourth-order valence-electron chi connectivity index (χ4n) is 14.2. The average Bonchev–Trinajstić information content (AvgIpc) is 1.46. The molecule has 0 saturated carbocycles. The molecule has 3 fully saturated rings. The maximum Gasteiger partial charge on any atom is 0.232 e. The highest BCUT2D eigenvalue weighted by Gasteiger charge is 2.36. The molecule has 536 valence electrons. The van der Waals surface area contributed by atoms with Gasteiger partial charge in [-0.1, -0.05) is 48.5 Å². The molecule has 6 aliphatic heterocycles. The molecule has 6 N–H and O–H groups in total. The lowest BCUT2D eigenvalue weighted by molar-refractivity contribution is 0.0661. The number of H-pyrrole nitrogens is 1. The second-order valence-electron chi connectivity index (χ2n) is 27.0. The molecule has 7 aromatic carbocycles. The molecule has 0 radical (unpaired) electrons. The van der Waals surface area contributed by atoms with E-state index in [9.17, 15) is 38.7 Å². The third kappa shape index (κ3) is 15.5. The molecule has 104 heavy (non-hydrogen) atoms. The smallest absolute Gasteiger partial charge is 0.232 e. The summed E-state index contributed by atoms with van der Waals surface area (Å²) < 4.78 is 74.6. The number of ether oxygens (including phenoxy) is 6. The number of nitrogens with zero attached hydrogens (tertiary/aromatic N) is 7. The van der Waals surface area contributed by atoms with Crippen LogP contribution in [0.5, 0.6) is 63.4 Å². The van der Waals surface area contributed by atoms with E-state index in [0.717, 1.165) is 154 Å². The second kappa shape index (κ2) is 31.3. The van der Waals surface area contributed by atoms with Gasteiger partial charge in [-0.15, -0.1) is 0 Å². The summed E-state index contributed by atoms with van der Waals surface area (Å²) in [6, 6.07) is 47.2. The first-order chi connectivity index (χ1) is 50.6. The number of allylic oxidation sites excluding steroid dienone is 3. The Morgan fingerprint density at radius 2 is 0.913 bits per heavy atom. The maximum absolute atomic E-state index is 12.6. The molecule has 0 aliphatic carbocycles. The minimum Gasteiger partial charge on any atom is -0.508 e. The van der Waals surface area contributed by atoms with Crippen LogP contribution in [0, 0.1) is 17.8 Å². The zero-order valence-electron chi connectivity index (χ0n) is 57.8. The molecular weight excluding hydrogens is 1330 g/mol. The molecule has 0 amide bonds. The van der Waals surface area contributed by atoms with Crippen molar-refractivity contribution >= 4 is 44.3 Å². The Hall–Kier alpha value is -11.1. The van der Waals surface area contributed by atoms with Crippen molar-refractivity contribution in [3.63, 3.8) is 0 Å². The van der Waals surface area contributed by atoms with E-state index >= 15 is 0 Å². The number of halogens is 3. The molecule has 22 heteroatoms. The van der Waals surface area contributed by atoms with Crippen LogP contribution in [-0.4, -0.2) is 164 Å². The van der Waals surface area contributed by atoms with Gasteiger partial charge in [-0.2, -0.15) is 5.10 Å². The van der Waals surface area contributed by atoms with Crippen LogP contribution in [-0.2, 0) is 0 Å². The molecule has 10 aromatic rings. The fraction of sp³-hybridized carbons (Fsp3) is 0.293. The van der Waals surface area contributed by atoms with Gasteiger partial charge in [0.25, 0.3) is 0 Å². The van der Waals surface area contributed by atoms with Crippen LogP contribution in [0.1, 0.15) is 89.4 Å².